The van der Waals surface area contributed by atoms with Gasteiger partial charge in [0.15, 0.2) is 11.2 Å². The zero-order valence-electron chi connectivity index (χ0n) is 14.4. The summed E-state index contributed by atoms with van der Waals surface area (Å²) in [6, 6.07) is 6.54. The van der Waals surface area contributed by atoms with Crippen molar-refractivity contribution in [3.05, 3.63) is 35.5 Å². The molecular formula is C17H17NO7S. The van der Waals surface area contributed by atoms with Gasteiger partial charge in [0.2, 0.25) is 10.0 Å². The third-order valence-corrected chi connectivity index (χ3v) is 5.70. The minimum absolute atomic E-state index is 0.0840. The first kappa shape index (κ1) is 18.1. The first-order valence-corrected chi connectivity index (χ1v) is 9.55. The fourth-order valence-corrected chi connectivity index (χ4v) is 4.66. The topological polar surface area (TPSA) is 109 Å². The Labute approximate surface area is 149 Å². The average molecular weight is 379 g/mol. The Kier molecular flexibility index (Phi) is 4.14. The number of Topliss-reactive ketones (excluding diaryl/α,β-unsaturated/α-hetero) is 1. The summed E-state index contributed by atoms with van der Waals surface area (Å²) in [5.74, 6) is -2.39. The Hall–Kier alpha value is -2.68. The van der Waals surface area contributed by atoms with Crippen LogP contribution in [0.4, 0.5) is 0 Å². The van der Waals surface area contributed by atoms with E-state index in [9.17, 15) is 22.8 Å². The summed E-state index contributed by atoms with van der Waals surface area (Å²) in [6.45, 7) is 0. The molecule has 0 saturated heterocycles. The summed E-state index contributed by atoms with van der Waals surface area (Å²) >= 11 is 0. The van der Waals surface area contributed by atoms with E-state index in [0.717, 1.165) is 24.4 Å². The summed E-state index contributed by atoms with van der Waals surface area (Å²) in [7, 11) is -1.61. The second-order valence-corrected chi connectivity index (χ2v) is 8.04. The molecule has 0 N–H and O–H groups in total. The molecule has 0 aliphatic heterocycles. The highest BCUT2D eigenvalue weighted by Gasteiger charge is 2.55. The van der Waals surface area contributed by atoms with Gasteiger partial charge in [-0.2, -0.15) is 0 Å². The van der Waals surface area contributed by atoms with Gasteiger partial charge in [-0.25, -0.2) is 12.4 Å². The molecule has 1 aliphatic carbocycles. The van der Waals surface area contributed by atoms with Gasteiger partial charge in [-0.15, -0.1) is 0 Å². The van der Waals surface area contributed by atoms with Gasteiger partial charge < -0.3 is 9.47 Å². The van der Waals surface area contributed by atoms with Gasteiger partial charge in [0.1, 0.15) is 0 Å². The normalized spacial score (nSPS) is 16.2. The lowest BCUT2D eigenvalue weighted by Gasteiger charge is -2.31. The molecule has 1 aromatic carbocycles. The van der Waals surface area contributed by atoms with E-state index in [1.807, 2.05) is 0 Å². The van der Waals surface area contributed by atoms with Crippen molar-refractivity contribution in [2.75, 3.05) is 20.5 Å². The number of benzene rings is 1. The van der Waals surface area contributed by atoms with Crippen molar-refractivity contribution < 1.29 is 32.3 Å². The zero-order valence-corrected chi connectivity index (χ0v) is 15.3. The molecule has 0 spiro atoms. The number of esters is 2. The number of carbonyl (C=O) groups excluding carboxylic acids is 3. The van der Waals surface area contributed by atoms with Gasteiger partial charge in [0.25, 0.3) is 0 Å². The summed E-state index contributed by atoms with van der Waals surface area (Å²) in [5.41, 5.74) is -1.31. The monoisotopic (exact) mass is 379 g/mol. The summed E-state index contributed by atoms with van der Waals surface area (Å²) < 4.78 is 35.3. The molecule has 0 unspecified atom stereocenters. The molecule has 1 aliphatic rings. The van der Waals surface area contributed by atoms with E-state index in [0.29, 0.717) is 10.9 Å². The molecule has 0 amide bonds. The maximum Gasteiger partial charge on any atom is 0.324 e. The quantitative estimate of drug-likeness (QED) is 0.576. The highest BCUT2D eigenvalue weighted by molar-refractivity contribution is 7.89. The van der Waals surface area contributed by atoms with Crippen LogP contribution in [0.15, 0.2) is 24.3 Å². The standard InChI is InChI=1S/C17H17NO7S/c1-24-15(20)17(16(21)25-2)8-12-14(13(19)9-17)10-6-4-5-7-11(10)18(12)26(3,22)23/h4-7H,8-9H2,1-3H3. The van der Waals surface area contributed by atoms with Crippen LogP contribution in [0.2, 0.25) is 0 Å². The number of nitrogens with zero attached hydrogens (tertiary/aromatic N) is 1. The summed E-state index contributed by atoms with van der Waals surface area (Å²) in [6.07, 6.45) is 0.239. The lowest BCUT2D eigenvalue weighted by molar-refractivity contribution is -0.169. The molecule has 1 heterocycles. The number of fused-ring (bicyclic) bond motifs is 3. The van der Waals surface area contributed by atoms with Crippen LogP contribution in [-0.2, 0) is 35.5 Å². The van der Waals surface area contributed by atoms with E-state index in [4.69, 9.17) is 9.47 Å². The van der Waals surface area contributed by atoms with Crippen LogP contribution in [0.25, 0.3) is 10.9 Å². The molecule has 0 radical (unpaired) electrons. The van der Waals surface area contributed by atoms with Gasteiger partial charge >= 0.3 is 11.9 Å². The van der Waals surface area contributed by atoms with E-state index in [-0.39, 0.29) is 17.7 Å². The molecule has 8 nitrogen and oxygen atoms in total. The van der Waals surface area contributed by atoms with Crippen LogP contribution >= 0.6 is 0 Å². The molecule has 2 aromatic rings. The zero-order chi connectivity index (χ0) is 19.3. The van der Waals surface area contributed by atoms with Crippen molar-refractivity contribution in [1.29, 1.82) is 0 Å². The lowest BCUT2D eigenvalue weighted by atomic mass is 9.72. The Morgan fingerprint density at radius 3 is 2.19 bits per heavy atom. The SMILES string of the molecule is COC(=O)C1(C(=O)OC)CC(=O)c2c(n(S(C)(=O)=O)c3ccccc23)C1. The lowest BCUT2D eigenvalue weighted by Crippen LogP contribution is -2.47. The predicted molar refractivity (Wildman–Crippen MR) is 91.3 cm³/mol. The van der Waals surface area contributed by atoms with Crippen LogP contribution in [0.5, 0.6) is 0 Å². The molecule has 1 aromatic heterocycles. The van der Waals surface area contributed by atoms with Crippen molar-refractivity contribution in [3.63, 3.8) is 0 Å². The molecule has 0 saturated carbocycles. The van der Waals surface area contributed by atoms with Crippen LogP contribution in [0.3, 0.4) is 0 Å². The fourth-order valence-electron chi connectivity index (χ4n) is 3.59. The number of rotatable bonds is 3. The van der Waals surface area contributed by atoms with E-state index < -0.39 is 39.6 Å². The van der Waals surface area contributed by atoms with E-state index in [1.54, 1.807) is 24.3 Å². The highest BCUT2D eigenvalue weighted by atomic mass is 32.2. The first-order chi connectivity index (χ1) is 12.2. The predicted octanol–water partition coefficient (Wildman–Crippen LogP) is 0.910. The molecule has 26 heavy (non-hydrogen) atoms. The number of carbonyl (C=O) groups is 3. The second kappa shape index (κ2) is 5.94. The number of hydrogen-bond acceptors (Lipinski definition) is 7. The van der Waals surface area contributed by atoms with Crippen molar-refractivity contribution >= 4 is 38.6 Å². The third-order valence-electron chi connectivity index (χ3n) is 4.62. The van der Waals surface area contributed by atoms with Crippen LogP contribution in [0, 0.1) is 5.41 Å². The molecule has 3 rings (SSSR count). The molecular weight excluding hydrogens is 362 g/mol. The van der Waals surface area contributed by atoms with E-state index in [1.165, 1.54) is 0 Å². The summed E-state index contributed by atoms with van der Waals surface area (Å²) in [4.78, 5) is 37.6. The smallest absolute Gasteiger partial charge is 0.324 e. The Morgan fingerprint density at radius 2 is 1.65 bits per heavy atom. The molecule has 0 fully saturated rings. The van der Waals surface area contributed by atoms with E-state index in [2.05, 4.69) is 0 Å². The Balaban J connectivity index is 2.39. The van der Waals surface area contributed by atoms with Gasteiger partial charge in [-0.3, -0.25) is 14.4 Å². The number of aromatic nitrogens is 1. The first-order valence-electron chi connectivity index (χ1n) is 7.70. The van der Waals surface area contributed by atoms with Crippen LogP contribution in [-0.4, -0.2) is 50.6 Å². The molecule has 0 bridgehead atoms. The fraction of sp³-hybridized carbons (Fsp3) is 0.353. The van der Waals surface area contributed by atoms with Gasteiger partial charge in [0, 0.05) is 29.5 Å². The molecule has 138 valence electrons. The van der Waals surface area contributed by atoms with Gasteiger partial charge in [-0.05, 0) is 6.07 Å². The number of ether oxygens (including phenoxy) is 2. The highest BCUT2D eigenvalue weighted by Crippen LogP contribution is 2.42. The van der Waals surface area contributed by atoms with Crippen LogP contribution < -0.4 is 0 Å². The minimum atomic E-state index is -3.81. The average Bonchev–Trinajstić information content (AvgIpc) is 2.94. The van der Waals surface area contributed by atoms with Crippen molar-refractivity contribution in [3.8, 4) is 0 Å². The second-order valence-electron chi connectivity index (χ2n) is 6.21. The maximum atomic E-state index is 12.9. The number of hydrogen-bond donors (Lipinski definition) is 0. The molecule has 9 heteroatoms. The van der Waals surface area contributed by atoms with E-state index >= 15 is 0 Å². The summed E-state index contributed by atoms with van der Waals surface area (Å²) in [5, 5.41) is 0.459. The van der Waals surface area contributed by atoms with Crippen molar-refractivity contribution in [2.45, 2.75) is 12.8 Å². The Morgan fingerprint density at radius 1 is 1.08 bits per heavy atom. The van der Waals surface area contributed by atoms with Gasteiger partial charge in [0.05, 0.1) is 26.0 Å². The maximum absolute atomic E-state index is 12.9. The largest absolute Gasteiger partial charge is 0.468 e. The number of para-hydroxylation sites is 1. The van der Waals surface area contributed by atoms with Crippen molar-refractivity contribution in [1.82, 2.24) is 3.97 Å². The minimum Gasteiger partial charge on any atom is -0.468 e. The number of methoxy groups -OCH3 is 2. The van der Waals surface area contributed by atoms with Crippen molar-refractivity contribution in [2.24, 2.45) is 5.41 Å². The van der Waals surface area contributed by atoms with Gasteiger partial charge in [-0.1, -0.05) is 18.2 Å². The number of ketones is 1. The third kappa shape index (κ3) is 2.42. The Bertz CT molecular complexity index is 1030. The molecule has 0 atom stereocenters. The van der Waals surface area contributed by atoms with Crippen LogP contribution in [0.1, 0.15) is 22.5 Å².